The quantitative estimate of drug-likeness (QED) is 0.409. The van der Waals surface area contributed by atoms with Gasteiger partial charge in [0.25, 0.3) is 0 Å². The molecule has 2 heterocycles. The zero-order chi connectivity index (χ0) is 22.2. The molecule has 0 bridgehead atoms. The van der Waals surface area contributed by atoms with Gasteiger partial charge in [0.1, 0.15) is 29.8 Å². The molecule has 0 atom stereocenters. The second kappa shape index (κ2) is 7.91. The lowest BCUT2D eigenvalue weighted by atomic mass is 9.97. The first-order valence-electron chi connectivity index (χ1n) is 9.77. The summed E-state index contributed by atoms with van der Waals surface area (Å²) in [6.07, 6.45) is 3.99. The van der Waals surface area contributed by atoms with E-state index in [2.05, 4.69) is 5.16 Å². The summed E-state index contributed by atoms with van der Waals surface area (Å²) in [5, 5.41) is 5.09. The van der Waals surface area contributed by atoms with E-state index in [0.29, 0.717) is 39.9 Å². The normalized spacial score (nSPS) is 14.7. The molecule has 1 aliphatic heterocycles. The molecule has 0 amide bonds. The van der Waals surface area contributed by atoms with E-state index in [1.165, 1.54) is 7.11 Å². The minimum absolute atomic E-state index is 0.389. The molecular formula is C24H25NO6. The fourth-order valence-electron chi connectivity index (χ4n) is 3.64. The van der Waals surface area contributed by atoms with Crippen molar-refractivity contribution in [1.82, 2.24) is 0 Å². The smallest absolute Gasteiger partial charge is 0.164 e. The Morgan fingerprint density at radius 3 is 2.35 bits per heavy atom. The maximum atomic E-state index is 6.10. The van der Waals surface area contributed by atoms with E-state index in [9.17, 15) is 0 Å². The van der Waals surface area contributed by atoms with Crippen LogP contribution in [-0.2, 0) is 4.84 Å². The molecule has 0 N–H and O–H groups in total. The molecule has 0 aliphatic carbocycles. The molecule has 2 aromatic carbocycles. The van der Waals surface area contributed by atoms with Gasteiger partial charge in [0.2, 0.25) is 0 Å². The lowest BCUT2D eigenvalue weighted by molar-refractivity contribution is 0.158. The van der Waals surface area contributed by atoms with Gasteiger partial charge in [-0.3, -0.25) is 0 Å². The highest BCUT2D eigenvalue weighted by molar-refractivity contribution is 6.14. The minimum atomic E-state index is -0.389. The number of rotatable bonds is 6. The van der Waals surface area contributed by atoms with Gasteiger partial charge in [-0.15, -0.1) is 0 Å². The third kappa shape index (κ3) is 3.67. The molecule has 7 heteroatoms. The Kier molecular flexibility index (Phi) is 5.27. The number of oxime groups is 1. The highest BCUT2D eigenvalue weighted by Crippen LogP contribution is 2.41. The highest BCUT2D eigenvalue weighted by atomic mass is 16.6. The molecule has 0 spiro atoms. The van der Waals surface area contributed by atoms with Gasteiger partial charge >= 0.3 is 0 Å². The third-order valence-electron chi connectivity index (χ3n) is 5.08. The number of furan rings is 1. The summed E-state index contributed by atoms with van der Waals surface area (Å²) in [6, 6.07) is 9.31. The zero-order valence-corrected chi connectivity index (χ0v) is 18.4. The lowest BCUT2D eigenvalue weighted by Crippen LogP contribution is -2.27. The first-order chi connectivity index (χ1) is 14.9. The first-order valence-corrected chi connectivity index (χ1v) is 9.77. The van der Waals surface area contributed by atoms with E-state index in [0.717, 1.165) is 16.7 Å². The lowest BCUT2D eigenvalue weighted by Gasteiger charge is -2.29. The zero-order valence-electron chi connectivity index (χ0n) is 18.4. The van der Waals surface area contributed by atoms with Crippen molar-refractivity contribution in [2.75, 3.05) is 28.4 Å². The highest BCUT2D eigenvalue weighted by Gasteiger charge is 2.27. The molecule has 3 aromatic rings. The Hall–Kier alpha value is -3.61. The molecule has 4 rings (SSSR count). The Labute approximate surface area is 180 Å². The number of nitrogens with zero attached hydrogens (tertiary/aromatic N) is 1. The summed E-state index contributed by atoms with van der Waals surface area (Å²) in [4.78, 5) is 5.15. The van der Waals surface area contributed by atoms with Crippen molar-refractivity contribution >= 4 is 22.8 Å². The van der Waals surface area contributed by atoms with Crippen molar-refractivity contribution in [2.45, 2.75) is 19.4 Å². The van der Waals surface area contributed by atoms with Crippen molar-refractivity contribution in [2.24, 2.45) is 5.16 Å². The molecule has 0 saturated carbocycles. The number of benzene rings is 2. The van der Waals surface area contributed by atoms with Crippen molar-refractivity contribution in [3.8, 4) is 23.0 Å². The maximum Gasteiger partial charge on any atom is 0.164 e. The van der Waals surface area contributed by atoms with E-state index >= 15 is 0 Å². The largest absolute Gasteiger partial charge is 0.495 e. The van der Waals surface area contributed by atoms with Gasteiger partial charge in [0, 0.05) is 11.5 Å². The van der Waals surface area contributed by atoms with Gasteiger partial charge in [-0.1, -0.05) is 5.16 Å². The minimum Gasteiger partial charge on any atom is -0.495 e. The van der Waals surface area contributed by atoms with E-state index in [1.807, 2.05) is 50.3 Å². The summed E-state index contributed by atoms with van der Waals surface area (Å²) in [5.74, 6) is 3.08. The second-order valence-corrected chi connectivity index (χ2v) is 7.58. The van der Waals surface area contributed by atoms with Crippen molar-refractivity contribution in [3.63, 3.8) is 0 Å². The molecule has 0 saturated heterocycles. The van der Waals surface area contributed by atoms with E-state index in [-0.39, 0.29) is 5.60 Å². The molecule has 7 nitrogen and oxygen atoms in total. The summed E-state index contributed by atoms with van der Waals surface area (Å²) in [7, 11) is 6.29. The predicted molar refractivity (Wildman–Crippen MR) is 119 cm³/mol. The number of hydrogen-bond acceptors (Lipinski definition) is 7. The fraction of sp³-hybridized carbons (Fsp3) is 0.292. The Morgan fingerprint density at radius 2 is 1.68 bits per heavy atom. The topological polar surface area (TPSA) is 71.7 Å². The van der Waals surface area contributed by atoms with Crippen LogP contribution in [0.25, 0.3) is 17.0 Å². The van der Waals surface area contributed by atoms with Crippen molar-refractivity contribution in [3.05, 3.63) is 53.3 Å². The molecule has 1 aromatic heterocycles. The monoisotopic (exact) mass is 423 g/mol. The van der Waals surface area contributed by atoms with Crippen LogP contribution in [-0.4, -0.2) is 39.8 Å². The average Bonchev–Trinajstić information content (AvgIpc) is 3.17. The second-order valence-electron chi connectivity index (χ2n) is 7.58. The summed E-state index contributed by atoms with van der Waals surface area (Å²) in [5.41, 5.74) is 2.30. The van der Waals surface area contributed by atoms with Gasteiger partial charge in [-0.05, 0) is 50.3 Å². The van der Waals surface area contributed by atoms with Crippen LogP contribution >= 0.6 is 0 Å². The summed E-state index contributed by atoms with van der Waals surface area (Å²) in [6.45, 7) is 4.00. The van der Waals surface area contributed by atoms with Crippen LogP contribution in [0.3, 0.4) is 0 Å². The molecule has 0 unspecified atom stereocenters. The van der Waals surface area contributed by atoms with Crippen LogP contribution in [0.4, 0.5) is 0 Å². The SMILES string of the molecule is CO/N=C(/c1cc2cc(OC)c(OC)cc2o1)c1ccc2c(c1OC)C=CC(C)(C)O2. The van der Waals surface area contributed by atoms with E-state index < -0.39 is 0 Å². The van der Waals surface area contributed by atoms with Crippen LogP contribution in [0.1, 0.15) is 30.7 Å². The predicted octanol–water partition coefficient (Wildman–Crippen LogP) is 5.04. The van der Waals surface area contributed by atoms with Gasteiger partial charge in [-0.25, -0.2) is 0 Å². The fourth-order valence-corrected chi connectivity index (χ4v) is 3.64. The Bertz CT molecular complexity index is 1150. The Balaban J connectivity index is 1.86. The van der Waals surface area contributed by atoms with Crippen LogP contribution in [0.2, 0.25) is 0 Å². The number of methoxy groups -OCH3 is 3. The molecule has 0 radical (unpaired) electrons. The Morgan fingerprint density at radius 1 is 0.935 bits per heavy atom. The molecule has 31 heavy (non-hydrogen) atoms. The first kappa shape index (κ1) is 20.7. The summed E-state index contributed by atoms with van der Waals surface area (Å²) >= 11 is 0. The molecule has 1 aliphatic rings. The van der Waals surface area contributed by atoms with Crippen LogP contribution < -0.4 is 18.9 Å². The van der Waals surface area contributed by atoms with Gasteiger partial charge in [0.15, 0.2) is 23.0 Å². The van der Waals surface area contributed by atoms with Gasteiger partial charge in [0.05, 0.1) is 32.5 Å². The van der Waals surface area contributed by atoms with Gasteiger partial charge < -0.3 is 28.2 Å². The van der Waals surface area contributed by atoms with Crippen LogP contribution in [0.15, 0.2) is 46.0 Å². The summed E-state index contributed by atoms with van der Waals surface area (Å²) < 4.78 is 28.7. The van der Waals surface area contributed by atoms with Crippen molar-refractivity contribution < 1.29 is 28.2 Å². The number of hydrogen-bond donors (Lipinski definition) is 0. The van der Waals surface area contributed by atoms with Crippen molar-refractivity contribution in [1.29, 1.82) is 0 Å². The average molecular weight is 423 g/mol. The molecule has 162 valence electrons. The maximum absolute atomic E-state index is 6.10. The number of ether oxygens (including phenoxy) is 4. The standard InChI is InChI=1S/C24H25NO6/c1-24(2)10-9-15-17(31-24)8-7-16(23(15)28-5)22(25-29-6)21-12-14-11-19(26-3)20(27-4)13-18(14)30-21/h7-13H,1-6H3/b25-22+. The van der Waals surface area contributed by atoms with E-state index in [4.69, 9.17) is 28.2 Å². The van der Waals surface area contributed by atoms with Gasteiger partial charge in [-0.2, -0.15) is 0 Å². The van der Waals surface area contributed by atoms with E-state index in [1.54, 1.807) is 27.4 Å². The molecular weight excluding hydrogens is 398 g/mol. The molecule has 0 fully saturated rings. The number of fused-ring (bicyclic) bond motifs is 2. The third-order valence-corrected chi connectivity index (χ3v) is 5.08. The van der Waals surface area contributed by atoms with Crippen LogP contribution in [0, 0.1) is 0 Å². The van der Waals surface area contributed by atoms with Crippen LogP contribution in [0.5, 0.6) is 23.0 Å².